The van der Waals surface area contributed by atoms with Gasteiger partial charge in [0.15, 0.2) is 0 Å². The van der Waals surface area contributed by atoms with Crippen molar-refractivity contribution >= 4 is 11.7 Å². The Morgan fingerprint density at radius 2 is 2.33 bits per heavy atom. The van der Waals surface area contributed by atoms with Gasteiger partial charge in [-0.3, -0.25) is 14.7 Å². The summed E-state index contributed by atoms with van der Waals surface area (Å²) in [5.41, 5.74) is -0.621. The third kappa shape index (κ3) is 3.24. The lowest BCUT2D eigenvalue weighted by molar-refractivity contribution is -0.385. The maximum atomic E-state index is 11.3. The summed E-state index contributed by atoms with van der Waals surface area (Å²) in [5.74, 6) is -0.526. The van der Waals surface area contributed by atoms with Gasteiger partial charge in [0.05, 0.1) is 18.2 Å². The number of methoxy groups -OCH3 is 1. The monoisotopic (exact) mass is 253 g/mol. The van der Waals surface area contributed by atoms with Crippen LogP contribution in [-0.4, -0.2) is 27.6 Å². The predicted octanol–water partition coefficient (Wildman–Crippen LogP) is 0.271. The van der Waals surface area contributed by atoms with E-state index >= 15 is 0 Å². The third-order valence-corrected chi connectivity index (χ3v) is 2.15. The Bertz CT molecular complexity index is 561. The molecule has 1 aromatic rings. The summed E-state index contributed by atoms with van der Waals surface area (Å²) in [6.07, 6.45) is 3.38. The first-order chi connectivity index (χ1) is 8.45. The molecule has 0 bridgehead atoms. The number of aromatic nitrogens is 2. The second-order valence-electron chi connectivity index (χ2n) is 3.38. The molecule has 0 radical (unpaired) electrons. The van der Waals surface area contributed by atoms with Crippen LogP contribution in [0.1, 0.15) is 6.92 Å². The van der Waals surface area contributed by atoms with Gasteiger partial charge in [-0.25, -0.2) is 9.59 Å². The van der Waals surface area contributed by atoms with Crippen LogP contribution in [0.4, 0.5) is 5.69 Å². The van der Waals surface area contributed by atoms with Gasteiger partial charge in [-0.15, -0.1) is 0 Å². The number of allylic oxidation sites excluding steroid dienone is 1. The van der Waals surface area contributed by atoms with Gasteiger partial charge < -0.3 is 4.74 Å². The van der Waals surface area contributed by atoms with Crippen LogP contribution in [0.2, 0.25) is 0 Å². The Hall–Kier alpha value is -2.51. The van der Waals surface area contributed by atoms with Crippen LogP contribution in [0.25, 0.3) is 0 Å². The molecule has 8 nitrogen and oxygen atoms in total. The fourth-order valence-corrected chi connectivity index (χ4v) is 1.15. The second kappa shape index (κ2) is 5.71. The molecule has 0 saturated carbocycles. The first-order valence-corrected chi connectivity index (χ1v) is 4.91. The molecule has 96 valence electrons. The van der Waals surface area contributed by atoms with Gasteiger partial charge in [-0.05, 0) is 6.92 Å². The van der Waals surface area contributed by atoms with Gasteiger partial charge in [-0.2, -0.15) is 4.98 Å². The Balaban J connectivity index is 2.98. The van der Waals surface area contributed by atoms with E-state index in [1.54, 1.807) is 0 Å². The maximum Gasteiger partial charge on any atom is 0.348 e. The molecule has 0 saturated heterocycles. The molecule has 0 unspecified atom stereocenters. The second-order valence-corrected chi connectivity index (χ2v) is 3.38. The fourth-order valence-electron chi connectivity index (χ4n) is 1.15. The molecule has 0 spiro atoms. The molecule has 0 atom stereocenters. The summed E-state index contributed by atoms with van der Waals surface area (Å²) in [5, 5.41) is 10.5. The van der Waals surface area contributed by atoms with E-state index < -0.39 is 16.6 Å². The number of carbonyl (C=O) groups is 1. The number of esters is 1. The van der Waals surface area contributed by atoms with Crippen molar-refractivity contribution in [2.45, 2.75) is 13.5 Å². The van der Waals surface area contributed by atoms with E-state index in [1.807, 2.05) is 0 Å². The van der Waals surface area contributed by atoms with Gasteiger partial charge in [-0.1, -0.05) is 6.08 Å². The molecule has 1 rings (SSSR count). The number of carbonyl (C=O) groups excluding carboxylic acids is 1. The fraction of sp³-hybridized carbons (Fsp3) is 0.300. The van der Waals surface area contributed by atoms with E-state index in [1.165, 1.54) is 20.1 Å². The molecule has 1 heterocycles. The smallest absolute Gasteiger partial charge is 0.348 e. The van der Waals surface area contributed by atoms with Crippen molar-refractivity contribution < 1.29 is 14.5 Å². The highest BCUT2D eigenvalue weighted by atomic mass is 16.6. The molecular weight excluding hydrogens is 242 g/mol. The van der Waals surface area contributed by atoms with Crippen molar-refractivity contribution in [1.29, 1.82) is 0 Å². The Morgan fingerprint density at radius 3 is 2.89 bits per heavy atom. The maximum absolute atomic E-state index is 11.3. The summed E-state index contributed by atoms with van der Waals surface area (Å²) in [6.45, 7) is 1.52. The van der Waals surface area contributed by atoms with E-state index in [0.717, 1.165) is 17.0 Å². The lowest BCUT2D eigenvalue weighted by atomic mass is 10.3. The molecule has 0 fully saturated rings. The molecule has 18 heavy (non-hydrogen) atoms. The minimum Gasteiger partial charge on any atom is -0.466 e. The van der Waals surface area contributed by atoms with Crippen molar-refractivity contribution in [2.75, 3.05) is 7.11 Å². The quantitative estimate of drug-likeness (QED) is 0.330. The highest BCUT2D eigenvalue weighted by molar-refractivity contribution is 5.87. The SMILES string of the molecule is COC(=O)/C(C)=C/Cn1cc([N+](=O)[O-])cnc1=O. The number of ether oxygens (including phenoxy) is 1. The zero-order chi connectivity index (χ0) is 13.7. The van der Waals surface area contributed by atoms with E-state index in [0.29, 0.717) is 5.57 Å². The molecule has 0 aliphatic heterocycles. The molecule has 0 aliphatic rings. The van der Waals surface area contributed by atoms with E-state index in [9.17, 15) is 19.7 Å². The van der Waals surface area contributed by atoms with Gasteiger partial charge in [0.25, 0.3) is 0 Å². The number of nitrogens with zero attached hydrogens (tertiary/aromatic N) is 3. The van der Waals surface area contributed by atoms with Crippen molar-refractivity contribution in [1.82, 2.24) is 9.55 Å². The standard InChI is InChI=1S/C10H11N3O5/c1-7(9(14)18-2)3-4-12-6-8(13(16)17)5-11-10(12)15/h3,5-6H,4H2,1-2H3/b7-3+. The topological polar surface area (TPSA) is 104 Å². The van der Waals surface area contributed by atoms with Gasteiger partial charge in [0.1, 0.15) is 6.20 Å². The van der Waals surface area contributed by atoms with Crippen LogP contribution >= 0.6 is 0 Å². The van der Waals surface area contributed by atoms with Crippen LogP contribution in [0, 0.1) is 10.1 Å². The molecule has 1 aromatic heterocycles. The van der Waals surface area contributed by atoms with Crippen LogP contribution in [-0.2, 0) is 16.1 Å². The van der Waals surface area contributed by atoms with E-state index in [4.69, 9.17) is 0 Å². The van der Waals surface area contributed by atoms with Crippen molar-refractivity contribution in [3.8, 4) is 0 Å². The highest BCUT2D eigenvalue weighted by Crippen LogP contribution is 2.05. The van der Waals surface area contributed by atoms with E-state index in [-0.39, 0.29) is 12.2 Å². The van der Waals surface area contributed by atoms with Crippen molar-refractivity contribution in [3.05, 3.63) is 44.6 Å². The van der Waals surface area contributed by atoms with Crippen LogP contribution < -0.4 is 5.69 Å². The zero-order valence-corrected chi connectivity index (χ0v) is 9.82. The lowest BCUT2D eigenvalue weighted by Gasteiger charge is -2.02. The molecular formula is C10H11N3O5. The Labute approximate surface area is 102 Å². The number of hydrogen-bond donors (Lipinski definition) is 0. The van der Waals surface area contributed by atoms with Gasteiger partial charge >= 0.3 is 17.3 Å². The highest BCUT2D eigenvalue weighted by Gasteiger charge is 2.09. The van der Waals surface area contributed by atoms with Crippen LogP contribution in [0.5, 0.6) is 0 Å². The van der Waals surface area contributed by atoms with Gasteiger partial charge in [0, 0.05) is 12.1 Å². The van der Waals surface area contributed by atoms with Crippen LogP contribution in [0.3, 0.4) is 0 Å². The Morgan fingerprint density at radius 1 is 1.67 bits per heavy atom. The first kappa shape index (κ1) is 13.6. The molecule has 0 N–H and O–H groups in total. The zero-order valence-electron chi connectivity index (χ0n) is 9.82. The number of hydrogen-bond acceptors (Lipinski definition) is 6. The van der Waals surface area contributed by atoms with Crippen LogP contribution in [0.15, 0.2) is 28.8 Å². The first-order valence-electron chi connectivity index (χ1n) is 4.91. The summed E-state index contributed by atoms with van der Waals surface area (Å²) in [7, 11) is 1.24. The average molecular weight is 253 g/mol. The summed E-state index contributed by atoms with van der Waals surface area (Å²) in [4.78, 5) is 35.6. The Kier molecular flexibility index (Phi) is 4.30. The molecule has 0 amide bonds. The normalized spacial score (nSPS) is 11.1. The van der Waals surface area contributed by atoms with Crippen molar-refractivity contribution in [2.24, 2.45) is 0 Å². The minimum absolute atomic E-state index is 0.00838. The summed E-state index contributed by atoms with van der Waals surface area (Å²) < 4.78 is 5.51. The number of rotatable bonds is 4. The summed E-state index contributed by atoms with van der Waals surface area (Å²) >= 11 is 0. The molecule has 0 aliphatic carbocycles. The predicted molar refractivity (Wildman–Crippen MR) is 60.9 cm³/mol. The largest absolute Gasteiger partial charge is 0.466 e. The molecule has 0 aromatic carbocycles. The van der Waals surface area contributed by atoms with Crippen molar-refractivity contribution in [3.63, 3.8) is 0 Å². The minimum atomic E-state index is -0.653. The van der Waals surface area contributed by atoms with Gasteiger partial charge in [0.2, 0.25) is 0 Å². The third-order valence-electron chi connectivity index (χ3n) is 2.15. The summed E-state index contributed by atoms with van der Waals surface area (Å²) in [6, 6.07) is 0. The molecule has 8 heteroatoms. The lowest BCUT2D eigenvalue weighted by Crippen LogP contribution is -2.22. The number of nitro groups is 1. The average Bonchev–Trinajstić information content (AvgIpc) is 2.36. The van der Waals surface area contributed by atoms with E-state index in [2.05, 4.69) is 9.72 Å².